The molecule has 3 rings (SSSR count). The van der Waals surface area contributed by atoms with Gasteiger partial charge in [0.25, 0.3) is 11.8 Å². The number of carbonyl (C=O) groups excluding carboxylic acids is 3. The molecule has 31 heavy (non-hydrogen) atoms. The number of carbonyl (C=O) groups is 3. The topological polar surface area (TPSA) is 89.9 Å². The van der Waals surface area contributed by atoms with Gasteiger partial charge in [-0.2, -0.15) is 0 Å². The molecule has 0 bridgehead atoms. The number of benzene rings is 1. The van der Waals surface area contributed by atoms with E-state index < -0.39 is 17.8 Å². The summed E-state index contributed by atoms with van der Waals surface area (Å²) in [6.07, 6.45) is 1.57. The van der Waals surface area contributed by atoms with E-state index >= 15 is 0 Å². The lowest BCUT2D eigenvalue weighted by Gasteiger charge is -2.28. The van der Waals surface area contributed by atoms with Crippen LogP contribution in [-0.4, -0.2) is 59.7 Å². The summed E-state index contributed by atoms with van der Waals surface area (Å²) < 4.78 is 11.7. The van der Waals surface area contributed by atoms with Gasteiger partial charge in [-0.15, -0.1) is 0 Å². The van der Waals surface area contributed by atoms with Crippen LogP contribution in [0.2, 0.25) is 0 Å². The zero-order chi connectivity index (χ0) is 22.7. The van der Waals surface area contributed by atoms with E-state index in [2.05, 4.69) is 5.32 Å². The van der Waals surface area contributed by atoms with Crippen molar-refractivity contribution in [3.63, 3.8) is 0 Å². The van der Waals surface area contributed by atoms with E-state index in [9.17, 15) is 14.4 Å². The number of hydrogen-bond acceptors (Lipinski definition) is 6. The highest BCUT2D eigenvalue weighted by atomic mass is 32.1. The van der Waals surface area contributed by atoms with Gasteiger partial charge in [-0.05, 0) is 68.0 Å². The van der Waals surface area contributed by atoms with Gasteiger partial charge < -0.3 is 14.0 Å². The van der Waals surface area contributed by atoms with Crippen molar-refractivity contribution >= 4 is 41.2 Å². The number of ether oxygens (including phenoxy) is 2. The highest BCUT2D eigenvalue weighted by Gasteiger charge is 2.33. The highest BCUT2D eigenvalue weighted by Crippen LogP contribution is 2.24. The van der Waals surface area contributed by atoms with Crippen molar-refractivity contribution in [2.24, 2.45) is 0 Å². The van der Waals surface area contributed by atoms with Crippen LogP contribution in [0, 0.1) is 13.8 Å². The monoisotopic (exact) mass is 441 g/mol. The molecule has 1 saturated heterocycles. The summed E-state index contributed by atoms with van der Waals surface area (Å²) >= 11 is 5.12. The lowest BCUT2D eigenvalue weighted by Crippen LogP contribution is -2.54. The molecule has 2 aromatic rings. The first-order chi connectivity index (χ1) is 14.8. The Labute approximate surface area is 185 Å². The minimum atomic E-state index is -0.532. The number of aryl methyl sites for hydroxylation is 1. The van der Waals surface area contributed by atoms with Crippen molar-refractivity contribution in [1.29, 1.82) is 0 Å². The first-order valence-corrected chi connectivity index (χ1v) is 9.94. The van der Waals surface area contributed by atoms with Crippen molar-refractivity contribution in [2.45, 2.75) is 13.8 Å². The molecule has 0 aliphatic carbocycles. The molecule has 0 radical (unpaired) electrons. The minimum Gasteiger partial charge on any atom is -0.465 e. The standard InChI is InChI=1S/C22H23N3O5S/c1-13-11-16(12-18-19(26)23-22(31)24(20(18)27)9-10-29-3)14(2)25(13)17-7-5-15(6-8-17)21(28)30-4/h5-8,11-12H,9-10H2,1-4H3,(H,23,26,31). The third-order valence-electron chi connectivity index (χ3n) is 5.02. The van der Waals surface area contributed by atoms with Gasteiger partial charge in [0.05, 0.1) is 25.8 Å². The van der Waals surface area contributed by atoms with E-state index in [4.69, 9.17) is 21.7 Å². The minimum absolute atomic E-state index is 0.00555. The summed E-state index contributed by atoms with van der Waals surface area (Å²) in [5, 5.41) is 2.63. The normalized spacial score (nSPS) is 15.4. The Bertz CT molecular complexity index is 1090. The maximum atomic E-state index is 12.9. The molecule has 162 valence electrons. The maximum Gasteiger partial charge on any atom is 0.337 e. The molecule has 0 saturated carbocycles. The molecular weight excluding hydrogens is 418 g/mol. The van der Waals surface area contributed by atoms with Crippen LogP contribution in [0.3, 0.4) is 0 Å². The molecule has 1 aromatic carbocycles. The van der Waals surface area contributed by atoms with E-state index in [1.54, 1.807) is 18.2 Å². The quantitative estimate of drug-likeness (QED) is 0.320. The van der Waals surface area contributed by atoms with E-state index in [0.717, 1.165) is 22.6 Å². The molecule has 2 heterocycles. The Hall–Kier alpha value is -3.30. The van der Waals surface area contributed by atoms with Crippen LogP contribution in [-0.2, 0) is 19.1 Å². The number of aromatic nitrogens is 1. The Balaban J connectivity index is 1.96. The van der Waals surface area contributed by atoms with Gasteiger partial charge in [0.1, 0.15) is 5.57 Å². The van der Waals surface area contributed by atoms with Gasteiger partial charge in [-0.1, -0.05) is 0 Å². The third kappa shape index (κ3) is 4.42. The summed E-state index contributed by atoms with van der Waals surface area (Å²) in [5.74, 6) is -1.40. The van der Waals surface area contributed by atoms with Crippen LogP contribution in [0.25, 0.3) is 11.8 Å². The first kappa shape index (κ1) is 22.4. The fourth-order valence-corrected chi connectivity index (χ4v) is 3.70. The second-order valence-corrected chi connectivity index (χ2v) is 7.35. The number of rotatable bonds is 6. The van der Waals surface area contributed by atoms with Crippen LogP contribution in [0.4, 0.5) is 0 Å². The summed E-state index contributed by atoms with van der Waals surface area (Å²) in [7, 11) is 2.86. The molecule has 1 aliphatic heterocycles. The molecular formula is C22H23N3O5S. The molecule has 0 unspecified atom stereocenters. The summed E-state index contributed by atoms with van der Waals surface area (Å²) in [6.45, 7) is 4.36. The average Bonchev–Trinajstić information content (AvgIpc) is 3.03. The number of esters is 1. The van der Waals surface area contributed by atoms with Gasteiger partial charge >= 0.3 is 5.97 Å². The predicted molar refractivity (Wildman–Crippen MR) is 119 cm³/mol. The van der Waals surface area contributed by atoms with Crippen LogP contribution >= 0.6 is 12.2 Å². The van der Waals surface area contributed by atoms with Gasteiger partial charge in [0.2, 0.25) is 0 Å². The van der Waals surface area contributed by atoms with Crippen molar-refractivity contribution < 1.29 is 23.9 Å². The Kier molecular flexibility index (Phi) is 6.67. The van der Waals surface area contributed by atoms with E-state index in [1.807, 2.05) is 36.6 Å². The van der Waals surface area contributed by atoms with Crippen molar-refractivity contribution in [2.75, 3.05) is 27.4 Å². The fourth-order valence-electron chi connectivity index (χ4n) is 3.43. The Morgan fingerprint density at radius 2 is 1.84 bits per heavy atom. The van der Waals surface area contributed by atoms with Crippen LogP contribution in [0.5, 0.6) is 0 Å². The largest absolute Gasteiger partial charge is 0.465 e. The molecule has 1 fully saturated rings. The molecule has 2 amide bonds. The molecule has 9 heteroatoms. The smallest absolute Gasteiger partial charge is 0.337 e. The summed E-state index contributed by atoms with van der Waals surface area (Å²) in [5.41, 5.74) is 3.78. The van der Waals surface area contributed by atoms with Crippen molar-refractivity contribution in [3.8, 4) is 5.69 Å². The zero-order valence-electron chi connectivity index (χ0n) is 17.7. The molecule has 1 N–H and O–H groups in total. The maximum absolute atomic E-state index is 12.9. The van der Waals surface area contributed by atoms with E-state index in [0.29, 0.717) is 12.2 Å². The Morgan fingerprint density at radius 3 is 2.45 bits per heavy atom. The number of nitrogens with zero attached hydrogens (tertiary/aromatic N) is 2. The van der Waals surface area contributed by atoms with E-state index in [1.165, 1.54) is 19.1 Å². The number of thiocarbonyl (C=S) groups is 1. The highest BCUT2D eigenvalue weighted by molar-refractivity contribution is 7.80. The second kappa shape index (κ2) is 9.23. The molecule has 1 aliphatic rings. The third-order valence-corrected chi connectivity index (χ3v) is 5.34. The Morgan fingerprint density at radius 1 is 1.16 bits per heavy atom. The lowest BCUT2D eigenvalue weighted by molar-refractivity contribution is -0.129. The number of methoxy groups -OCH3 is 2. The van der Waals surface area contributed by atoms with Gasteiger partial charge in [-0.3, -0.25) is 19.8 Å². The van der Waals surface area contributed by atoms with Crippen LogP contribution < -0.4 is 5.32 Å². The molecule has 0 spiro atoms. The SMILES string of the molecule is COCCN1C(=O)C(=Cc2cc(C)n(-c3ccc(C(=O)OC)cc3)c2C)C(=O)NC1=S. The van der Waals surface area contributed by atoms with Crippen molar-refractivity contribution in [3.05, 3.63) is 58.4 Å². The van der Waals surface area contributed by atoms with Crippen LogP contribution in [0.1, 0.15) is 27.3 Å². The lowest BCUT2D eigenvalue weighted by atomic mass is 10.1. The molecule has 8 nitrogen and oxygen atoms in total. The van der Waals surface area contributed by atoms with Crippen LogP contribution in [0.15, 0.2) is 35.9 Å². The van der Waals surface area contributed by atoms with E-state index in [-0.39, 0.29) is 17.2 Å². The van der Waals surface area contributed by atoms with Crippen molar-refractivity contribution in [1.82, 2.24) is 14.8 Å². The number of amides is 2. The number of hydrogen-bond donors (Lipinski definition) is 1. The van der Waals surface area contributed by atoms with Gasteiger partial charge in [-0.25, -0.2) is 4.79 Å². The van der Waals surface area contributed by atoms with Gasteiger partial charge in [0.15, 0.2) is 5.11 Å². The predicted octanol–water partition coefficient (Wildman–Crippen LogP) is 2.15. The fraction of sp³-hybridized carbons (Fsp3) is 0.273. The zero-order valence-corrected chi connectivity index (χ0v) is 18.5. The van der Waals surface area contributed by atoms with Gasteiger partial charge in [0, 0.05) is 24.2 Å². The average molecular weight is 442 g/mol. The molecule has 0 atom stereocenters. The molecule has 1 aromatic heterocycles. The first-order valence-electron chi connectivity index (χ1n) is 9.54. The summed E-state index contributed by atoms with van der Waals surface area (Å²) in [4.78, 5) is 38.3. The summed E-state index contributed by atoms with van der Waals surface area (Å²) in [6, 6.07) is 8.89. The number of nitrogens with one attached hydrogen (secondary N) is 1. The second-order valence-electron chi connectivity index (χ2n) is 6.97.